The van der Waals surface area contributed by atoms with Crippen LogP contribution in [-0.4, -0.2) is 51.6 Å². The van der Waals surface area contributed by atoms with E-state index in [1.165, 1.54) is 24.3 Å². The van der Waals surface area contributed by atoms with Crippen molar-refractivity contribution in [1.82, 2.24) is 4.90 Å². The Kier molecular flexibility index (Phi) is 7.00. The molecule has 1 saturated heterocycles. The molecule has 0 radical (unpaired) electrons. The van der Waals surface area contributed by atoms with Gasteiger partial charge in [0.05, 0.1) is 11.9 Å². The molecule has 1 saturated carbocycles. The van der Waals surface area contributed by atoms with Gasteiger partial charge in [-0.15, -0.1) is 4.40 Å². The van der Waals surface area contributed by atoms with Gasteiger partial charge >= 0.3 is 0 Å². The van der Waals surface area contributed by atoms with Crippen LogP contribution in [0.2, 0.25) is 0 Å². The third-order valence-corrected chi connectivity index (χ3v) is 9.59. The first-order valence-electron chi connectivity index (χ1n) is 12.7. The van der Waals surface area contributed by atoms with Gasteiger partial charge in [0.15, 0.2) is 11.7 Å². The molecule has 0 aromatic heterocycles. The standard InChI is InChI=1S/C26H29FN4O6S2/c1-3-16-5-4-6-20-22(16)24(32)23(26(33)31(20)14-15-7-9-17(27)10-8-15)25-28-19-12-11-18(29-38(2,34)35)13-21(19)39(36,37)30-25/h7-13,16,20,22-23,29H,3-6,14H2,1-2H3,(H,28,30). The molecule has 0 spiro atoms. The molecular formula is C26H29FN4O6S2. The predicted octanol–water partition coefficient (Wildman–Crippen LogP) is 3.13. The second-order valence-electron chi connectivity index (χ2n) is 10.3. The molecule has 13 heteroatoms. The van der Waals surface area contributed by atoms with Crippen LogP contribution in [0.25, 0.3) is 0 Å². The monoisotopic (exact) mass is 576 g/mol. The zero-order chi connectivity index (χ0) is 28.1. The van der Waals surface area contributed by atoms with Gasteiger partial charge in [-0.2, -0.15) is 8.42 Å². The minimum Gasteiger partial charge on any atom is -0.341 e. The van der Waals surface area contributed by atoms with Crippen LogP contribution in [0.4, 0.5) is 15.8 Å². The summed E-state index contributed by atoms with van der Waals surface area (Å²) in [6, 6.07) is 9.32. The first kappa shape index (κ1) is 27.3. The number of nitrogens with one attached hydrogen (secondary N) is 2. The van der Waals surface area contributed by atoms with Crippen LogP contribution in [0.5, 0.6) is 0 Å². The topological polar surface area (TPSA) is 142 Å². The normalized spacial score (nSPS) is 26.2. The van der Waals surface area contributed by atoms with Crippen LogP contribution in [0.15, 0.2) is 51.8 Å². The van der Waals surface area contributed by atoms with E-state index >= 15 is 0 Å². The maximum Gasteiger partial charge on any atom is 0.286 e. The van der Waals surface area contributed by atoms with Crippen molar-refractivity contribution in [3.63, 3.8) is 0 Å². The average Bonchev–Trinajstić information content (AvgIpc) is 2.86. The Morgan fingerprint density at radius 1 is 1.13 bits per heavy atom. The van der Waals surface area contributed by atoms with Crippen LogP contribution in [0.1, 0.15) is 38.2 Å². The fourth-order valence-electron chi connectivity index (χ4n) is 5.95. The van der Waals surface area contributed by atoms with Gasteiger partial charge in [0.1, 0.15) is 16.5 Å². The number of amides is 1. The van der Waals surface area contributed by atoms with E-state index in [9.17, 15) is 30.8 Å². The number of hydrogen-bond acceptors (Lipinski definition) is 7. The number of anilines is 2. The number of piperidine rings is 1. The van der Waals surface area contributed by atoms with Crippen molar-refractivity contribution in [3.8, 4) is 0 Å². The average molecular weight is 577 g/mol. The Balaban J connectivity index is 1.54. The molecule has 2 aliphatic heterocycles. The summed E-state index contributed by atoms with van der Waals surface area (Å²) in [6.45, 7) is 2.15. The van der Waals surface area contributed by atoms with Gasteiger partial charge in [-0.25, -0.2) is 12.8 Å². The number of ketones is 1. The molecular weight excluding hydrogens is 547 g/mol. The summed E-state index contributed by atoms with van der Waals surface area (Å²) < 4.78 is 69.2. The van der Waals surface area contributed by atoms with Crippen molar-refractivity contribution < 1.29 is 30.8 Å². The molecule has 1 amide bonds. The summed E-state index contributed by atoms with van der Waals surface area (Å²) in [6.07, 6.45) is 4.00. The van der Waals surface area contributed by atoms with Crippen molar-refractivity contribution in [2.75, 3.05) is 16.3 Å². The van der Waals surface area contributed by atoms with Gasteiger partial charge in [0, 0.05) is 24.2 Å². The Hall–Kier alpha value is -3.32. The molecule has 0 bridgehead atoms. The zero-order valence-corrected chi connectivity index (χ0v) is 23.1. The molecule has 5 rings (SSSR count). The molecule has 2 aromatic rings. The number of nitrogens with zero attached hydrogens (tertiary/aromatic N) is 2. The third kappa shape index (κ3) is 5.29. The largest absolute Gasteiger partial charge is 0.341 e. The van der Waals surface area contributed by atoms with E-state index in [0.717, 1.165) is 31.6 Å². The lowest BCUT2D eigenvalue weighted by atomic mass is 9.66. The Bertz CT molecular complexity index is 1570. The lowest BCUT2D eigenvalue weighted by Crippen LogP contribution is -2.62. The van der Waals surface area contributed by atoms with Gasteiger partial charge in [-0.1, -0.05) is 31.9 Å². The van der Waals surface area contributed by atoms with Crippen molar-refractivity contribution in [2.24, 2.45) is 22.2 Å². The number of hydrogen-bond donors (Lipinski definition) is 2. The number of Topliss-reactive ketones (excluding diaryl/α,β-unsaturated/α-hetero) is 1. The van der Waals surface area contributed by atoms with E-state index in [2.05, 4.69) is 14.4 Å². The summed E-state index contributed by atoms with van der Waals surface area (Å²) >= 11 is 0. The summed E-state index contributed by atoms with van der Waals surface area (Å²) in [5, 5.41) is 2.87. The number of carbonyl (C=O) groups is 2. The lowest BCUT2D eigenvalue weighted by Gasteiger charge is -2.49. The van der Waals surface area contributed by atoms with E-state index in [0.29, 0.717) is 12.0 Å². The van der Waals surface area contributed by atoms with Crippen molar-refractivity contribution in [1.29, 1.82) is 0 Å². The smallest absolute Gasteiger partial charge is 0.286 e. The summed E-state index contributed by atoms with van der Waals surface area (Å²) in [5.74, 6) is -3.49. The molecule has 2 N–H and O–H groups in total. The summed E-state index contributed by atoms with van der Waals surface area (Å²) in [4.78, 5) is 29.2. The molecule has 2 fully saturated rings. The maximum atomic E-state index is 13.9. The highest BCUT2D eigenvalue weighted by molar-refractivity contribution is 7.92. The van der Waals surface area contributed by atoms with Crippen molar-refractivity contribution in [2.45, 2.75) is 50.1 Å². The zero-order valence-electron chi connectivity index (χ0n) is 21.4. The fraction of sp³-hybridized carbons (Fsp3) is 0.423. The minimum absolute atomic E-state index is 0.0280. The Morgan fingerprint density at radius 3 is 2.51 bits per heavy atom. The molecule has 3 aliphatic rings. The summed E-state index contributed by atoms with van der Waals surface area (Å²) in [7, 11) is -8.02. The third-order valence-electron chi connectivity index (χ3n) is 7.65. The summed E-state index contributed by atoms with van der Waals surface area (Å²) in [5.41, 5.74) is 0.812. The molecule has 39 heavy (non-hydrogen) atoms. The predicted molar refractivity (Wildman–Crippen MR) is 144 cm³/mol. The second kappa shape index (κ2) is 10.0. The van der Waals surface area contributed by atoms with E-state index in [4.69, 9.17) is 0 Å². The van der Waals surface area contributed by atoms with Crippen LogP contribution in [-0.2, 0) is 36.2 Å². The quantitative estimate of drug-likeness (QED) is 0.503. The minimum atomic E-state index is -4.37. The SMILES string of the molecule is CCC1CCCC2C1C(=O)C(C1=NS(=O)(=O)c3cc(NS(C)(=O)=O)ccc3N1)C(=O)N2Cc1ccc(F)cc1. The number of carbonyl (C=O) groups excluding carboxylic acids is 2. The molecule has 1 aliphatic carbocycles. The number of sulfonamides is 2. The number of likely N-dealkylation sites (tertiary alicyclic amines) is 1. The molecule has 208 valence electrons. The fourth-order valence-corrected chi connectivity index (χ4v) is 7.69. The van der Waals surface area contributed by atoms with E-state index in [1.54, 1.807) is 17.0 Å². The van der Waals surface area contributed by atoms with Gasteiger partial charge in [-0.3, -0.25) is 14.3 Å². The highest BCUT2D eigenvalue weighted by Crippen LogP contribution is 2.43. The van der Waals surface area contributed by atoms with Gasteiger partial charge in [0.2, 0.25) is 15.9 Å². The van der Waals surface area contributed by atoms with Crippen molar-refractivity contribution >= 4 is 48.9 Å². The lowest BCUT2D eigenvalue weighted by molar-refractivity contribution is -0.155. The Morgan fingerprint density at radius 2 is 1.85 bits per heavy atom. The van der Waals surface area contributed by atoms with Gasteiger partial charge < -0.3 is 10.2 Å². The number of halogens is 1. The van der Waals surface area contributed by atoms with E-state index < -0.39 is 43.6 Å². The first-order valence-corrected chi connectivity index (χ1v) is 16.0. The number of rotatable bonds is 6. The molecule has 2 aromatic carbocycles. The second-order valence-corrected chi connectivity index (χ2v) is 13.6. The number of fused-ring (bicyclic) bond motifs is 2. The molecule has 4 unspecified atom stereocenters. The first-order chi connectivity index (χ1) is 18.4. The number of benzene rings is 2. The highest BCUT2D eigenvalue weighted by Gasteiger charge is 2.53. The van der Waals surface area contributed by atoms with E-state index in [-0.39, 0.29) is 46.4 Å². The highest BCUT2D eigenvalue weighted by atomic mass is 32.2. The van der Waals surface area contributed by atoms with Crippen LogP contribution < -0.4 is 10.0 Å². The van der Waals surface area contributed by atoms with Crippen LogP contribution >= 0.6 is 0 Å². The molecule has 10 nitrogen and oxygen atoms in total. The molecule has 4 atom stereocenters. The Labute approximate surface area is 226 Å². The number of amidine groups is 1. The molecule has 2 heterocycles. The van der Waals surface area contributed by atoms with Gasteiger partial charge in [-0.05, 0) is 54.7 Å². The van der Waals surface area contributed by atoms with Crippen LogP contribution in [0.3, 0.4) is 0 Å². The van der Waals surface area contributed by atoms with Crippen molar-refractivity contribution in [3.05, 3.63) is 53.8 Å². The van der Waals surface area contributed by atoms with Gasteiger partial charge in [0.25, 0.3) is 10.0 Å². The van der Waals surface area contributed by atoms with E-state index in [1.807, 2.05) is 6.92 Å². The van der Waals surface area contributed by atoms with Crippen LogP contribution in [0, 0.1) is 23.6 Å². The maximum absolute atomic E-state index is 13.9.